The number of hydrogen-bond donors (Lipinski definition) is 13. The molecule has 19 heteroatoms. The lowest BCUT2D eigenvalue weighted by atomic mass is 10.1. The number of carbonyl (C=O) groups excluding carboxylic acids is 5. The number of carboxylic acid groups (broad SMARTS) is 1. The summed E-state index contributed by atoms with van der Waals surface area (Å²) in [5.74, 6) is -5.17. The Bertz CT molecular complexity index is 975. The Kier molecular flexibility index (Phi) is 19.8. The molecule has 5 amide bonds. The third-order valence-corrected chi connectivity index (χ3v) is 6.79. The van der Waals surface area contributed by atoms with E-state index in [0.717, 1.165) is 0 Å². The van der Waals surface area contributed by atoms with Crippen molar-refractivity contribution < 1.29 is 33.9 Å². The summed E-state index contributed by atoms with van der Waals surface area (Å²) in [7, 11) is 0. The first-order valence-electron chi connectivity index (χ1n) is 13.7. The van der Waals surface area contributed by atoms with Crippen LogP contribution < -0.4 is 49.1 Å². The molecule has 17 nitrogen and oxygen atoms in total. The molecule has 0 heterocycles. The summed E-state index contributed by atoms with van der Waals surface area (Å²) in [6.45, 7) is 3.29. The van der Waals surface area contributed by atoms with Crippen molar-refractivity contribution in [1.82, 2.24) is 31.9 Å². The van der Waals surface area contributed by atoms with Crippen molar-refractivity contribution in [3.05, 3.63) is 0 Å². The average molecular weight is 651 g/mol. The van der Waals surface area contributed by atoms with Gasteiger partial charge in [0.1, 0.15) is 30.2 Å². The molecule has 0 aromatic carbocycles. The molecule has 0 aliphatic heterocycles. The molecule has 0 unspecified atom stereocenters. The molecule has 0 saturated heterocycles. The molecule has 0 aromatic rings. The number of hydrogen-bond acceptors (Lipinski definition) is 11. The fourth-order valence-electron chi connectivity index (χ4n) is 3.46. The molecule has 0 aliphatic carbocycles. The minimum Gasteiger partial charge on any atom is -0.480 e. The normalized spacial score (nSPS) is 14.9. The van der Waals surface area contributed by atoms with Crippen LogP contribution in [-0.2, 0) is 28.8 Å². The maximum absolute atomic E-state index is 13.2. The Morgan fingerprint density at radius 1 is 0.721 bits per heavy atom. The number of aliphatic carboxylic acids is 1. The quantitative estimate of drug-likeness (QED) is 0.0247. The number of nitrogens with one attached hydrogen (secondary N) is 7. The van der Waals surface area contributed by atoms with Crippen LogP contribution in [0.15, 0.2) is 0 Å². The standard InChI is InChI=1S/C24H46N10O7S2/c1-12(18(35)30-13(2)19(36)34-17(11-43)23(40)41)31-21(38)16(7-5-9-29-24(27)28)33-22(39)15(6-3-4-8-25)32-20(37)14(26)10-42/h12-17,42-43H,3-11,25-26H2,1-2H3,(H,30,35)(H,31,38)(H,32,37)(H,33,39)(H,34,36)(H,40,41)(H4,27,28,29)/t12-,13-,14-,15-,16-,17-/m0/s1. The zero-order valence-corrected chi connectivity index (χ0v) is 26.1. The van der Waals surface area contributed by atoms with E-state index in [0.29, 0.717) is 25.8 Å². The first kappa shape index (κ1) is 39.7. The lowest BCUT2D eigenvalue weighted by Crippen LogP contribution is -2.58. The molecule has 43 heavy (non-hydrogen) atoms. The number of guanidine groups is 1. The molecule has 0 bridgehead atoms. The van der Waals surface area contributed by atoms with Gasteiger partial charge in [0, 0.05) is 18.1 Å². The third kappa shape index (κ3) is 16.2. The van der Waals surface area contributed by atoms with Crippen LogP contribution in [0.5, 0.6) is 0 Å². The highest BCUT2D eigenvalue weighted by Gasteiger charge is 2.30. The maximum atomic E-state index is 13.2. The van der Waals surface area contributed by atoms with Crippen molar-refractivity contribution in [2.75, 3.05) is 24.6 Å². The summed E-state index contributed by atoms with van der Waals surface area (Å²) in [6.07, 6.45) is 1.69. The maximum Gasteiger partial charge on any atom is 0.327 e. The fourth-order valence-corrected chi connectivity index (χ4v) is 3.87. The molecular formula is C24H46N10O7S2. The van der Waals surface area contributed by atoms with Gasteiger partial charge in [-0.15, -0.1) is 0 Å². The first-order chi connectivity index (χ1) is 20.2. The van der Waals surface area contributed by atoms with Gasteiger partial charge in [0.15, 0.2) is 5.96 Å². The third-order valence-electron chi connectivity index (χ3n) is 6.03. The van der Waals surface area contributed by atoms with Gasteiger partial charge in [0.2, 0.25) is 29.5 Å². The molecule has 14 N–H and O–H groups in total. The highest BCUT2D eigenvalue weighted by Crippen LogP contribution is 2.05. The molecule has 0 rings (SSSR count). The number of unbranched alkanes of at least 4 members (excludes halogenated alkanes) is 1. The van der Waals surface area contributed by atoms with Crippen LogP contribution in [0.3, 0.4) is 0 Å². The molecule has 0 spiro atoms. The van der Waals surface area contributed by atoms with Crippen molar-refractivity contribution in [3.63, 3.8) is 0 Å². The van der Waals surface area contributed by atoms with Gasteiger partial charge in [-0.2, -0.15) is 25.3 Å². The van der Waals surface area contributed by atoms with E-state index in [9.17, 15) is 28.8 Å². The Morgan fingerprint density at radius 3 is 1.67 bits per heavy atom. The summed E-state index contributed by atoms with van der Waals surface area (Å²) >= 11 is 7.87. The second-order valence-electron chi connectivity index (χ2n) is 9.72. The van der Waals surface area contributed by atoms with Gasteiger partial charge in [0.05, 0.1) is 6.04 Å². The van der Waals surface area contributed by atoms with Crippen LogP contribution in [0.25, 0.3) is 0 Å². The Hall–Kier alpha value is -3.29. The highest BCUT2D eigenvalue weighted by atomic mass is 32.1. The zero-order chi connectivity index (χ0) is 33.1. The second-order valence-corrected chi connectivity index (χ2v) is 10.5. The zero-order valence-electron chi connectivity index (χ0n) is 24.4. The highest BCUT2D eigenvalue weighted by molar-refractivity contribution is 7.80. The molecule has 6 atom stereocenters. The number of carbonyl (C=O) groups is 6. The fraction of sp³-hybridized carbons (Fsp3) is 0.708. The van der Waals surface area contributed by atoms with Crippen LogP contribution in [0.1, 0.15) is 46.0 Å². The number of rotatable bonds is 21. The predicted molar refractivity (Wildman–Crippen MR) is 166 cm³/mol. The van der Waals surface area contributed by atoms with Gasteiger partial charge in [-0.3, -0.25) is 29.4 Å². The first-order valence-corrected chi connectivity index (χ1v) is 14.9. The molecule has 0 aliphatic rings. The van der Waals surface area contributed by atoms with Gasteiger partial charge in [-0.05, 0) is 52.5 Å². The number of thiol groups is 2. The van der Waals surface area contributed by atoms with Crippen molar-refractivity contribution in [2.24, 2.45) is 17.2 Å². The van der Waals surface area contributed by atoms with Crippen molar-refractivity contribution in [1.29, 1.82) is 5.41 Å². The van der Waals surface area contributed by atoms with Crippen LogP contribution >= 0.6 is 25.3 Å². The summed E-state index contributed by atoms with van der Waals surface area (Å²) in [4.78, 5) is 74.8. The van der Waals surface area contributed by atoms with Crippen LogP contribution in [0, 0.1) is 5.41 Å². The Balaban J connectivity index is 5.56. The van der Waals surface area contributed by atoms with E-state index in [-0.39, 0.29) is 36.9 Å². The molecule has 0 radical (unpaired) electrons. The topological polar surface area (TPSA) is 297 Å². The predicted octanol–water partition coefficient (Wildman–Crippen LogP) is -3.89. The second kappa shape index (κ2) is 21.4. The molecular weight excluding hydrogens is 604 g/mol. The molecule has 0 fully saturated rings. The van der Waals surface area contributed by atoms with E-state index >= 15 is 0 Å². The minimum atomic E-state index is -1.29. The van der Waals surface area contributed by atoms with Crippen LogP contribution in [0.4, 0.5) is 0 Å². The summed E-state index contributed by atoms with van der Waals surface area (Å²) < 4.78 is 0. The minimum absolute atomic E-state index is 0.0483. The van der Waals surface area contributed by atoms with Gasteiger partial charge in [0.25, 0.3) is 0 Å². The molecule has 0 saturated carbocycles. The SMILES string of the molecule is C[C@H](NC(=O)[C@H](C)NC(=O)[C@H](CCCNC(=N)N)NC(=O)[C@H](CCCCN)NC(=O)[C@@H](N)CS)C(=O)N[C@@H](CS)C(=O)O. The van der Waals surface area contributed by atoms with Gasteiger partial charge in [-0.1, -0.05) is 0 Å². The van der Waals surface area contributed by atoms with Gasteiger partial charge < -0.3 is 54.2 Å². The van der Waals surface area contributed by atoms with Crippen LogP contribution in [0.2, 0.25) is 0 Å². The van der Waals surface area contributed by atoms with Crippen molar-refractivity contribution in [3.8, 4) is 0 Å². The summed E-state index contributed by atoms with van der Waals surface area (Å²) in [6, 6.07) is -6.69. The molecule has 246 valence electrons. The van der Waals surface area contributed by atoms with E-state index in [1.54, 1.807) is 0 Å². The van der Waals surface area contributed by atoms with Crippen molar-refractivity contribution >= 4 is 66.7 Å². The lowest BCUT2D eigenvalue weighted by Gasteiger charge is -2.25. The van der Waals surface area contributed by atoms with E-state index in [2.05, 4.69) is 57.2 Å². The lowest BCUT2D eigenvalue weighted by molar-refractivity contribution is -0.141. The van der Waals surface area contributed by atoms with Gasteiger partial charge >= 0.3 is 5.97 Å². The molecule has 0 aromatic heterocycles. The Labute approximate surface area is 261 Å². The van der Waals surface area contributed by atoms with Crippen LogP contribution in [-0.4, -0.2) is 107 Å². The average Bonchev–Trinajstić information content (AvgIpc) is 2.95. The number of carboxylic acids is 1. The Morgan fingerprint density at radius 2 is 1.19 bits per heavy atom. The summed E-state index contributed by atoms with van der Waals surface area (Å²) in [5, 5.41) is 31.2. The monoisotopic (exact) mass is 650 g/mol. The van der Waals surface area contributed by atoms with E-state index in [1.807, 2.05) is 0 Å². The largest absolute Gasteiger partial charge is 0.480 e. The van der Waals surface area contributed by atoms with E-state index < -0.39 is 71.8 Å². The van der Waals surface area contributed by atoms with E-state index in [4.69, 9.17) is 27.7 Å². The van der Waals surface area contributed by atoms with Gasteiger partial charge in [-0.25, -0.2) is 4.79 Å². The van der Waals surface area contributed by atoms with Crippen molar-refractivity contribution in [2.45, 2.75) is 82.2 Å². The number of amides is 5. The van der Waals surface area contributed by atoms with E-state index in [1.165, 1.54) is 13.8 Å². The summed E-state index contributed by atoms with van der Waals surface area (Å²) in [5.41, 5.74) is 16.6. The number of nitrogens with two attached hydrogens (primary N) is 3. The smallest absolute Gasteiger partial charge is 0.327 e.